The van der Waals surface area contributed by atoms with Crippen LogP contribution in [-0.4, -0.2) is 30.7 Å². The van der Waals surface area contributed by atoms with Crippen LogP contribution in [0.15, 0.2) is 60.8 Å². The minimum absolute atomic E-state index is 0.156. The van der Waals surface area contributed by atoms with Gasteiger partial charge in [-0.05, 0) is 35.5 Å². The molecular weight excluding hydrogens is 328 g/mol. The van der Waals surface area contributed by atoms with E-state index in [0.717, 1.165) is 16.6 Å². The van der Waals surface area contributed by atoms with Crippen molar-refractivity contribution in [1.29, 1.82) is 0 Å². The van der Waals surface area contributed by atoms with E-state index in [4.69, 9.17) is 0 Å². The van der Waals surface area contributed by atoms with Crippen LogP contribution in [0.3, 0.4) is 0 Å². The molecule has 26 heavy (non-hydrogen) atoms. The van der Waals surface area contributed by atoms with Gasteiger partial charge in [0.25, 0.3) is 5.91 Å². The van der Waals surface area contributed by atoms with E-state index in [-0.39, 0.29) is 11.9 Å². The monoisotopic (exact) mass is 346 g/mol. The second-order valence-electron chi connectivity index (χ2n) is 6.15. The molecule has 130 valence electrons. The van der Waals surface area contributed by atoms with Gasteiger partial charge in [-0.2, -0.15) is 4.68 Å². The Bertz CT molecular complexity index is 1070. The summed E-state index contributed by atoms with van der Waals surface area (Å²) in [7, 11) is 1.93. The maximum atomic E-state index is 12.8. The maximum Gasteiger partial charge on any atom is 0.254 e. The number of benzene rings is 2. The quantitative estimate of drug-likeness (QED) is 0.616. The molecule has 0 saturated carbocycles. The molecule has 4 aromatic rings. The lowest BCUT2D eigenvalue weighted by atomic mass is 10.1. The summed E-state index contributed by atoms with van der Waals surface area (Å²) in [6.45, 7) is 1.87. The number of carbonyl (C=O) groups excluding carboxylic acids is 1. The Hall–Kier alpha value is -3.48. The first kappa shape index (κ1) is 16.0. The van der Waals surface area contributed by atoms with E-state index >= 15 is 0 Å². The molecule has 7 nitrogen and oxygen atoms in total. The molecule has 0 unspecified atom stereocenters. The van der Waals surface area contributed by atoms with Crippen LogP contribution < -0.4 is 5.32 Å². The normalized spacial score (nSPS) is 12.2. The molecule has 0 aliphatic carbocycles. The second-order valence-corrected chi connectivity index (χ2v) is 6.15. The summed E-state index contributed by atoms with van der Waals surface area (Å²) in [6.07, 6.45) is 1.84. The van der Waals surface area contributed by atoms with Gasteiger partial charge in [-0.1, -0.05) is 36.4 Å². The standard InChI is InChI=1S/C19H18N6O/c1-13(18-21-22-23-25(18)14-8-4-3-5-9-14)20-19(26)16-12-24(2)17-11-7-6-10-15(16)17/h3-13H,1-2H3,(H,20,26)/t13-/m1/s1. The number of fused-ring (bicyclic) bond motifs is 1. The summed E-state index contributed by atoms with van der Waals surface area (Å²) in [5, 5.41) is 15.8. The summed E-state index contributed by atoms with van der Waals surface area (Å²) >= 11 is 0. The zero-order chi connectivity index (χ0) is 18.1. The third kappa shape index (κ3) is 2.73. The average molecular weight is 346 g/mol. The van der Waals surface area contributed by atoms with E-state index in [0.29, 0.717) is 11.4 Å². The molecule has 0 saturated heterocycles. The van der Waals surface area contributed by atoms with E-state index in [1.54, 1.807) is 4.68 Å². The van der Waals surface area contributed by atoms with Gasteiger partial charge < -0.3 is 9.88 Å². The maximum absolute atomic E-state index is 12.8. The van der Waals surface area contributed by atoms with Crippen LogP contribution in [0.25, 0.3) is 16.6 Å². The fourth-order valence-corrected chi connectivity index (χ4v) is 3.08. The Morgan fingerprint density at radius 2 is 1.81 bits per heavy atom. The topological polar surface area (TPSA) is 77.6 Å². The second kappa shape index (κ2) is 6.44. The van der Waals surface area contributed by atoms with Gasteiger partial charge in [0.2, 0.25) is 0 Å². The predicted octanol–water partition coefficient (Wildman–Crippen LogP) is 2.65. The minimum atomic E-state index is -0.350. The molecule has 0 radical (unpaired) electrons. The summed E-state index contributed by atoms with van der Waals surface area (Å²) in [4.78, 5) is 12.8. The lowest BCUT2D eigenvalue weighted by Crippen LogP contribution is -2.28. The van der Waals surface area contributed by atoms with Crippen molar-refractivity contribution in [2.75, 3.05) is 0 Å². The highest BCUT2D eigenvalue weighted by atomic mass is 16.1. The van der Waals surface area contributed by atoms with Gasteiger partial charge in [0.05, 0.1) is 17.3 Å². The van der Waals surface area contributed by atoms with Crippen LogP contribution in [0.5, 0.6) is 0 Å². The highest BCUT2D eigenvalue weighted by Gasteiger charge is 2.20. The van der Waals surface area contributed by atoms with Crippen LogP contribution in [0.4, 0.5) is 0 Å². The Labute approximate surface area is 150 Å². The van der Waals surface area contributed by atoms with Crippen molar-refractivity contribution in [2.24, 2.45) is 7.05 Å². The largest absolute Gasteiger partial charge is 0.350 e. The van der Waals surface area contributed by atoms with Gasteiger partial charge in [-0.3, -0.25) is 4.79 Å². The average Bonchev–Trinajstić information content (AvgIpc) is 3.28. The molecule has 1 atom stereocenters. The number of tetrazole rings is 1. The fraction of sp³-hybridized carbons (Fsp3) is 0.158. The number of carbonyl (C=O) groups is 1. The number of para-hydroxylation sites is 2. The molecule has 1 amide bonds. The summed E-state index contributed by atoms with van der Waals surface area (Å²) < 4.78 is 3.58. The van der Waals surface area contributed by atoms with Crippen LogP contribution >= 0.6 is 0 Å². The van der Waals surface area contributed by atoms with Crippen molar-refractivity contribution < 1.29 is 4.79 Å². The number of aromatic nitrogens is 5. The minimum Gasteiger partial charge on any atom is -0.350 e. The Morgan fingerprint density at radius 1 is 1.08 bits per heavy atom. The third-order valence-electron chi connectivity index (χ3n) is 4.37. The van der Waals surface area contributed by atoms with Crippen molar-refractivity contribution in [1.82, 2.24) is 30.1 Å². The van der Waals surface area contributed by atoms with E-state index in [1.165, 1.54) is 0 Å². The summed E-state index contributed by atoms with van der Waals surface area (Å²) in [5.74, 6) is 0.418. The first-order valence-corrected chi connectivity index (χ1v) is 8.34. The van der Waals surface area contributed by atoms with Gasteiger partial charge in [0.1, 0.15) is 0 Å². The zero-order valence-electron chi connectivity index (χ0n) is 14.5. The van der Waals surface area contributed by atoms with Gasteiger partial charge in [0, 0.05) is 24.1 Å². The summed E-state index contributed by atoms with van der Waals surface area (Å²) in [6, 6.07) is 17.1. The number of aryl methyl sites for hydroxylation is 1. The van der Waals surface area contributed by atoms with Crippen LogP contribution in [0.1, 0.15) is 29.1 Å². The molecule has 2 aromatic heterocycles. The van der Waals surface area contributed by atoms with Crippen molar-refractivity contribution in [3.05, 3.63) is 72.2 Å². The molecule has 0 aliphatic rings. The molecule has 0 fully saturated rings. The number of nitrogens with zero attached hydrogens (tertiary/aromatic N) is 5. The zero-order valence-corrected chi connectivity index (χ0v) is 14.5. The van der Waals surface area contributed by atoms with Crippen molar-refractivity contribution in [2.45, 2.75) is 13.0 Å². The molecule has 7 heteroatoms. The Balaban J connectivity index is 1.62. The smallest absolute Gasteiger partial charge is 0.254 e. The highest BCUT2D eigenvalue weighted by molar-refractivity contribution is 6.07. The molecular formula is C19H18N6O. The van der Waals surface area contributed by atoms with Crippen molar-refractivity contribution >= 4 is 16.8 Å². The van der Waals surface area contributed by atoms with Crippen LogP contribution in [0, 0.1) is 0 Å². The van der Waals surface area contributed by atoms with Crippen molar-refractivity contribution in [3.63, 3.8) is 0 Å². The molecule has 0 spiro atoms. The SMILES string of the molecule is C[C@@H](NC(=O)c1cn(C)c2ccccc12)c1nnnn1-c1ccccc1. The van der Waals surface area contributed by atoms with E-state index in [2.05, 4.69) is 20.8 Å². The third-order valence-corrected chi connectivity index (χ3v) is 4.37. The number of nitrogens with one attached hydrogen (secondary N) is 1. The molecule has 0 aliphatic heterocycles. The molecule has 2 heterocycles. The molecule has 2 aromatic carbocycles. The highest BCUT2D eigenvalue weighted by Crippen LogP contribution is 2.21. The Kier molecular flexibility index (Phi) is 3.96. The predicted molar refractivity (Wildman–Crippen MR) is 98.0 cm³/mol. The lowest BCUT2D eigenvalue weighted by molar-refractivity contribution is 0.0939. The van der Waals surface area contributed by atoms with Gasteiger partial charge in [-0.25, -0.2) is 0 Å². The number of hydrogen-bond acceptors (Lipinski definition) is 4. The molecule has 0 bridgehead atoms. The van der Waals surface area contributed by atoms with Gasteiger partial charge in [-0.15, -0.1) is 5.10 Å². The van der Waals surface area contributed by atoms with E-state index in [9.17, 15) is 4.79 Å². The first-order valence-electron chi connectivity index (χ1n) is 8.34. The van der Waals surface area contributed by atoms with Crippen LogP contribution in [0.2, 0.25) is 0 Å². The summed E-state index contributed by atoms with van der Waals surface area (Å²) in [5.41, 5.74) is 2.49. The lowest BCUT2D eigenvalue weighted by Gasteiger charge is -2.13. The first-order chi connectivity index (χ1) is 12.6. The number of hydrogen-bond donors (Lipinski definition) is 1. The molecule has 4 rings (SSSR count). The fourth-order valence-electron chi connectivity index (χ4n) is 3.08. The Morgan fingerprint density at radius 3 is 2.62 bits per heavy atom. The molecule has 1 N–H and O–H groups in total. The number of rotatable bonds is 4. The van der Waals surface area contributed by atoms with Gasteiger partial charge in [0.15, 0.2) is 5.82 Å². The van der Waals surface area contributed by atoms with Gasteiger partial charge >= 0.3 is 0 Å². The van der Waals surface area contributed by atoms with Crippen LogP contribution in [-0.2, 0) is 7.05 Å². The van der Waals surface area contributed by atoms with E-state index < -0.39 is 0 Å². The van der Waals surface area contributed by atoms with E-state index in [1.807, 2.05) is 79.3 Å². The van der Waals surface area contributed by atoms with Crippen molar-refractivity contribution in [3.8, 4) is 5.69 Å². The number of amides is 1.